The zero-order valence-electron chi connectivity index (χ0n) is 16.4. The lowest BCUT2D eigenvalue weighted by atomic mass is 10.0. The Balaban J connectivity index is 1.58. The molecule has 2 amide bonds. The van der Waals surface area contributed by atoms with Gasteiger partial charge in [0.1, 0.15) is 18.0 Å². The van der Waals surface area contributed by atoms with Gasteiger partial charge in [0, 0.05) is 44.5 Å². The number of aliphatic hydroxyl groups is 2. The summed E-state index contributed by atoms with van der Waals surface area (Å²) < 4.78 is 11.0. The van der Waals surface area contributed by atoms with Crippen molar-refractivity contribution in [1.82, 2.24) is 15.1 Å². The van der Waals surface area contributed by atoms with Crippen LogP contribution in [0.1, 0.15) is 0 Å². The van der Waals surface area contributed by atoms with Crippen molar-refractivity contribution in [3.8, 4) is 5.75 Å². The minimum absolute atomic E-state index is 0.236. The smallest absolute Gasteiger partial charge is 0.319 e. The van der Waals surface area contributed by atoms with Crippen molar-refractivity contribution in [1.29, 1.82) is 0 Å². The number of carbonyl (C=O) groups is 1. The molecule has 1 aromatic carbocycles. The molecule has 2 aliphatic rings. The molecular weight excluding hydrogens is 364 g/mol. The third-order valence-electron chi connectivity index (χ3n) is 5.39. The molecule has 0 spiro atoms. The second kappa shape index (κ2) is 9.53. The Morgan fingerprint density at radius 2 is 2.04 bits per heavy atom. The lowest BCUT2D eigenvalue weighted by Gasteiger charge is -2.39. The van der Waals surface area contributed by atoms with Crippen LogP contribution in [0.5, 0.6) is 5.75 Å². The topological polar surface area (TPSA) is 107 Å². The van der Waals surface area contributed by atoms with Gasteiger partial charge in [0.05, 0.1) is 25.9 Å². The van der Waals surface area contributed by atoms with Gasteiger partial charge in [-0.05, 0) is 19.2 Å². The molecule has 28 heavy (non-hydrogen) atoms. The Bertz CT molecular complexity index is 653. The van der Waals surface area contributed by atoms with Crippen LogP contribution in [0.25, 0.3) is 0 Å². The zero-order valence-corrected chi connectivity index (χ0v) is 16.4. The number of aliphatic hydroxyl groups excluding tert-OH is 2. The van der Waals surface area contributed by atoms with Crippen LogP contribution in [0.2, 0.25) is 0 Å². The van der Waals surface area contributed by atoms with Crippen LogP contribution >= 0.6 is 0 Å². The van der Waals surface area contributed by atoms with Gasteiger partial charge in [-0.25, -0.2) is 4.79 Å². The van der Waals surface area contributed by atoms with Crippen molar-refractivity contribution >= 4 is 11.7 Å². The quantitative estimate of drug-likeness (QED) is 0.518. The van der Waals surface area contributed by atoms with E-state index >= 15 is 0 Å². The molecule has 4 N–H and O–H groups in total. The molecule has 2 aliphatic heterocycles. The molecule has 3 rings (SSSR count). The Morgan fingerprint density at radius 3 is 2.71 bits per heavy atom. The Kier molecular flexibility index (Phi) is 7.08. The third kappa shape index (κ3) is 4.92. The Hall–Kier alpha value is -1.91. The van der Waals surface area contributed by atoms with E-state index in [9.17, 15) is 15.0 Å². The Labute approximate surface area is 165 Å². The molecule has 2 fully saturated rings. The number of carbonyl (C=O) groups excluding carboxylic acids is 1. The fraction of sp³-hybridized carbons (Fsp3) is 0.632. The highest BCUT2D eigenvalue weighted by Gasteiger charge is 2.46. The van der Waals surface area contributed by atoms with Gasteiger partial charge in [0.25, 0.3) is 0 Å². The van der Waals surface area contributed by atoms with E-state index in [0.717, 1.165) is 26.2 Å². The number of benzene rings is 1. The van der Waals surface area contributed by atoms with E-state index in [1.54, 1.807) is 31.4 Å². The largest absolute Gasteiger partial charge is 0.497 e. The molecule has 156 valence electrons. The number of anilines is 1. The maximum atomic E-state index is 12.3. The molecule has 2 heterocycles. The number of hydrogen-bond donors (Lipinski definition) is 4. The maximum Gasteiger partial charge on any atom is 0.319 e. The van der Waals surface area contributed by atoms with Crippen LogP contribution in [0.3, 0.4) is 0 Å². The first-order valence-corrected chi connectivity index (χ1v) is 9.57. The molecule has 0 aliphatic carbocycles. The van der Waals surface area contributed by atoms with Gasteiger partial charge in [-0.1, -0.05) is 6.07 Å². The number of likely N-dealkylation sites (N-methyl/N-ethyl adjacent to an activating group) is 1. The number of piperazine rings is 1. The van der Waals surface area contributed by atoms with E-state index in [2.05, 4.69) is 27.5 Å². The van der Waals surface area contributed by atoms with Crippen molar-refractivity contribution < 1.29 is 24.5 Å². The monoisotopic (exact) mass is 394 g/mol. The standard InChI is InChI=1S/C19H30N4O5/c1-22-6-8-23(9-7-22)17-15(28-16(12-24)18(17)25)11-20-19(26)21-13-4-3-5-14(10-13)27-2/h3-5,10,15-18,24-25H,6-9,11-12H2,1-2H3,(H2,20,21,26)/t15-,16+,17+,18-/m1/s1. The summed E-state index contributed by atoms with van der Waals surface area (Å²) in [6, 6.07) is 6.46. The predicted molar refractivity (Wildman–Crippen MR) is 105 cm³/mol. The number of nitrogens with zero attached hydrogens (tertiary/aromatic N) is 2. The SMILES string of the molecule is COc1cccc(NC(=O)NC[C@H]2O[C@@H](CO)[C@@H](O)[C@H]2N2CCN(C)CC2)c1. The second-order valence-electron chi connectivity index (χ2n) is 7.28. The van der Waals surface area contributed by atoms with Crippen molar-refractivity contribution in [2.45, 2.75) is 24.4 Å². The van der Waals surface area contributed by atoms with Crippen LogP contribution in [-0.4, -0.2) is 104 Å². The minimum atomic E-state index is -0.790. The fourth-order valence-electron chi connectivity index (χ4n) is 3.79. The van der Waals surface area contributed by atoms with E-state index in [-0.39, 0.29) is 25.2 Å². The van der Waals surface area contributed by atoms with Crippen LogP contribution in [0.4, 0.5) is 10.5 Å². The number of amides is 2. The van der Waals surface area contributed by atoms with E-state index in [1.807, 2.05) is 0 Å². The summed E-state index contributed by atoms with van der Waals surface area (Å²) in [7, 11) is 3.63. The van der Waals surface area contributed by atoms with E-state index in [4.69, 9.17) is 9.47 Å². The van der Waals surface area contributed by atoms with Crippen LogP contribution in [-0.2, 0) is 4.74 Å². The summed E-state index contributed by atoms with van der Waals surface area (Å²) in [5, 5.41) is 25.7. The van der Waals surface area contributed by atoms with Gasteiger partial charge in [0.15, 0.2) is 0 Å². The van der Waals surface area contributed by atoms with Crippen molar-refractivity contribution in [3.05, 3.63) is 24.3 Å². The molecule has 0 saturated carbocycles. The number of rotatable bonds is 6. The van der Waals surface area contributed by atoms with Crippen molar-refractivity contribution in [2.75, 3.05) is 58.8 Å². The summed E-state index contributed by atoms with van der Waals surface area (Å²) >= 11 is 0. The molecule has 9 heteroatoms. The average Bonchev–Trinajstić information content (AvgIpc) is 3.02. The minimum Gasteiger partial charge on any atom is -0.497 e. The van der Waals surface area contributed by atoms with E-state index in [1.165, 1.54) is 0 Å². The molecule has 0 bridgehead atoms. The van der Waals surface area contributed by atoms with Crippen molar-refractivity contribution in [3.63, 3.8) is 0 Å². The number of hydrogen-bond acceptors (Lipinski definition) is 7. The zero-order chi connectivity index (χ0) is 20.1. The summed E-state index contributed by atoms with van der Waals surface area (Å²) in [4.78, 5) is 16.7. The molecule has 0 radical (unpaired) electrons. The molecule has 1 aromatic rings. The van der Waals surface area contributed by atoms with Gasteiger partial charge < -0.3 is 35.2 Å². The summed E-state index contributed by atoms with van der Waals surface area (Å²) in [5.41, 5.74) is 0.619. The molecule has 0 unspecified atom stereocenters. The molecule has 4 atom stereocenters. The summed E-state index contributed by atoms with van der Waals surface area (Å²) in [6.45, 7) is 3.42. The van der Waals surface area contributed by atoms with Gasteiger partial charge in [-0.15, -0.1) is 0 Å². The third-order valence-corrected chi connectivity index (χ3v) is 5.39. The highest BCUT2D eigenvalue weighted by atomic mass is 16.5. The Morgan fingerprint density at radius 1 is 1.29 bits per heavy atom. The van der Waals surface area contributed by atoms with Gasteiger partial charge in [0.2, 0.25) is 0 Å². The number of urea groups is 1. The highest BCUT2D eigenvalue weighted by Crippen LogP contribution is 2.26. The molecular formula is C19H30N4O5. The number of methoxy groups -OCH3 is 1. The first-order chi connectivity index (χ1) is 13.5. The molecule has 0 aromatic heterocycles. The van der Waals surface area contributed by atoms with Gasteiger partial charge in [-0.3, -0.25) is 4.90 Å². The first kappa shape index (κ1) is 20.8. The predicted octanol–water partition coefficient (Wildman–Crippen LogP) is -0.447. The van der Waals surface area contributed by atoms with Crippen molar-refractivity contribution in [2.24, 2.45) is 0 Å². The van der Waals surface area contributed by atoms with Crippen LogP contribution in [0, 0.1) is 0 Å². The molecule has 9 nitrogen and oxygen atoms in total. The lowest BCUT2D eigenvalue weighted by Crippen LogP contribution is -2.57. The fourth-order valence-corrected chi connectivity index (χ4v) is 3.79. The normalized spacial score (nSPS) is 28.9. The summed E-state index contributed by atoms with van der Waals surface area (Å²) in [6.07, 6.45) is -1.83. The van der Waals surface area contributed by atoms with Crippen LogP contribution in [0.15, 0.2) is 24.3 Å². The maximum absolute atomic E-state index is 12.3. The molecule has 2 saturated heterocycles. The summed E-state index contributed by atoms with van der Waals surface area (Å²) in [5.74, 6) is 0.654. The van der Waals surface area contributed by atoms with Gasteiger partial charge in [-0.2, -0.15) is 0 Å². The number of ether oxygens (including phenoxy) is 2. The average molecular weight is 394 g/mol. The van der Waals surface area contributed by atoms with E-state index < -0.39 is 18.3 Å². The van der Waals surface area contributed by atoms with Gasteiger partial charge >= 0.3 is 6.03 Å². The number of nitrogens with one attached hydrogen (secondary N) is 2. The highest BCUT2D eigenvalue weighted by molar-refractivity contribution is 5.89. The second-order valence-corrected chi connectivity index (χ2v) is 7.28. The van der Waals surface area contributed by atoms with E-state index in [0.29, 0.717) is 11.4 Å². The first-order valence-electron chi connectivity index (χ1n) is 9.57. The van der Waals surface area contributed by atoms with Crippen LogP contribution < -0.4 is 15.4 Å². The lowest BCUT2D eigenvalue weighted by molar-refractivity contribution is -0.0205.